The van der Waals surface area contributed by atoms with E-state index in [-0.39, 0.29) is 12.5 Å². The van der Waals surface area contributed by atoms with Gasteiger partial charge < -0.3 is 4.74 Å². The monoisotopic (exact) mass is 367 g/mol. The number of rotatable bonds is 4. The van der Waals surface area contributed by atoms with Crippen molar-refractivity contribution in [3.8, 4) is 0 Å². The summed E-state index contributed by atoms with van der Waals surface area (Å²) in [6, 6.07) is 10.9. The van der Waals surface area contributed by atoms with E-state index in [0.717, 1.165) is 15.7 Å². The largest absolute Gasteiger partial charge is 0.457 e. The summed E-state index contributed by atoms with van der Waals surface area (Å²) in [5, 5.41) is 0.303. The van der Waals surface area contributed by atoms with Crippen LogP contribution in [-0.4, -0.2) is 11.0 Å². The van der Waals surface area contributed by atoms with E-state index >= 15 is 0 Å². The summed E-state index contributed by atoms with van der Waals surface area (Å²) in [5.41, 5.74) is 2.13. The van der Waals surface area contributed by atoms with E-state index in [1.807, 2.05) is 38.1 Å². The molecule has 0 radical (unpaired) electrons. The van der Waals surface area contributed by atoms with Gasteiger partial charge in [-0.25, -0.2) is 9.78 Å². The molecule has 1 aromatic carbocycles. The summed E-state index contributed by atoms with van der Waals surface area (Å²) in [7, 11) is 0. The number of benzene rings is 1. The summed E-state index contributed by atoms with van der Waals surface area (Å²) in [5.74, 6) is -0.203. The Hall–Kier alpha value is -1.39. The van der Waals surface area contributed by atoms with E-state index in [1.165, 1.54) is 6.07 Å². The zero-order chi connectivity index (χ0) is 15.4. The highest BCUT2D eigenvalue weighted by atomic mass is 79.9. The summed E-state index contributed by atoms with van der Waals surface area (Å²) in [6.45, 7) is 4.22. The molecule has 0 spiro atoms. The van der Waals surface area contributed by atoms with Crippen LogP contribution >= 0.6 is 27.5 Å². The molecule has 0 N–H and O–H groups in total. The second kappa shape index (κ2) is 7.05. The number of aromatic nitrogens is 1. The molecule has 21 heavy (non-hydrogen) atoms. The maximum Gasteiger partial charge on any atom is 0.338 e. The summed E-state index contributed by atoms with van der Waals surface area (Å²) >= 11 is 9.31. The van der Waals surface area contributed by atoms with Crippen molar-refractivity contribution in [2.45, 2.75) is 26.4 Å². The molecule has 1 heterocycles. The van der Waals surface area contributed by atoms with Gasteiger partial charge >= 0.3 is 5.97 Å². The molecule has 0 aliphatic rings. The number of carbonyl (C=O) groups is 1. The van der Waals surface area contributed by atoms with Gasteiger partial charge in [0.25, 0.3) is 0 Å². The van der Waals surface area contributed by atoms with Crippen molar-refractivity contribution in [2.75, 3.05) is 0 Å². The maximum atomic E-state index is 12.1. The number of hydrogen-bond donors (Lipinski definition) is 0. The number of nitrogens with zero attached hydrogens (tertiary/aromatic N) is 1. The number of pyridine rings is 1. The number of esters is 1. The average molecular weight is 369 g/mol. The van der Waals surface area contributed by atoms with Crippen LogP contribution in [0.4, 0.5) is 0 Å². The molecule has 3 nitrogen and oxygen atoms in total. The molecule has 0 aliphatic heterocycles. The molecule has 0 bridgehead atoms. The SMILES string of the molecule is CC(C)c1cc(C(=O)OCc2ccc(Br)cc2)cc(Cl)n1. The Morgan fingerprint density at radius 2 is 1.95 bits per heavy atom. The fourth-order valence-electron chi connectivity index (χ4n) is 1.74. The quantitative estimate of drug-likeness (QED) is 0.564. The van der Waals surface area contributed by atoms with E-state index in [4.69, 9.17) is 16.3 Å². The molecule has 0 amide bonds. The molecule has 0 atom stereocenters. The van der Waals surface area contributed by atoms with Crippen molar-refractivity contribution in [1.82, 2.24) is 4.98 Å². The standard InChI is InChI=1S/C16H15BrClNO2/c1-10(2)14-7-12(8-15(18)19-14)16(20)21-9-11-3-5-13(17)6-4-11/h3-8,10H,9H2,1-2H3. The predicted octanol–water partition coefficient (Wildman–Crippen LogP) is 4.98. The molecule has 2 rings (SSSR count). The fourth-order valence-corrected chi connectivity index (χ4v) is 2.22. The van der Waals surface area contributed by atoms with Crippen molar-refractivity contribution in [3.05, 3.63) is 62.8 Å². The zero-order valence-electron chi connectivity index (χ0n) is 11.8. The van der Waals surface area contributed by atoms with Crippen LogP contribution in [0.1, 0.15) is 41.4 Å². The Morgan fingerprint density at radius 3 is 2.57 bits per heavy atom. The molecule has 1 aromatic heterocycles. The van der Waals surface area contributed by atoms with Gasteiger partial charge in [-0.1, -0.05) is 53.5 Å². The lowest BCUT2D eigenvalue weighted by Crippen LogP contribution is -2.07. The Kier molecular flexibility index (Phi) is 5.37. The van der Waals surface area contributed by atoms with Gasteiger partial charge in [-0.3, -0.25) is 0 Å². The van der Waals surface area contributed by atoms with Gasteiger partial charge in [0, 0.05) is 10.2 Å². The van der Waals surface area contributed by atoms with Crippen LogP contribution in [0.25, 0.3) is 0 Å². The van der Waals surface area contributed by atoms with Gasteiger partial charge in [-0.2, -0.15) is 0 Å². The third-order valence-electron chi connectivity index (χ3n) is 2.92. The first kappa shape index (κ1) is 16.0. The maximum absolute atomic E-state index is 12.1. The van der Waals surface area contributed by atoms with Crippen LogP contribution in [0.3, 0.4) is 0 Å². The smallest absolute Gasteiger partial charge is 0.338 e. The Morgan fingerprint density at radius 1 is 1.29 bits per heavy atom. The molecule has 0 aliphatic carbocycles. The van der Waals surface area contributed by atoms with E-state index in [9.17, 15) is 4.79 Å². The van der Waals surface area contributed by atoms with Crippen molar-refractivity contribution in [3.63, 3.8) is 0 Å². The number of halogens is 2. The normalized spacial score (nSPS) is 10.7. The lowest BCUT2D eigenvalue weighted by molar-refractivity contribution is 0.0472. The highest BCUT2D eigenvalue weighted by Gasteiger charge is 2.12. The van der Waals surface area contributed by atoms with E-state index in [0.29, 0.717) is 10.7 Å². The zero-order valence-corrected chi connectivity index (χ0v) is 14.1. The molecule has 0 unspecified atom stereocenters. The van der Waals surface area contributed by atoms with Crippen molar-refractivity contribution in [1.29, 1.82) is 0 Å². The summed E-state index contributed by atoms with van der Waals surface area (Å²) in [6.07, 6.45) is 0. The topological polar surface area (TPSA) is 39.2 Å². The third kappa shape index (κ3) is 4.55. The minimum Gasteiger partial charge on any atom is -0.457 e. The summed E-state index contributed by atoms with van der Waals surface area (Å²) in [4.78, 5) is 16.3. The van der Waals surface area contributed by atoms with Gasteiger partial charge in [0.2, 0.25) is 0 Å². The highest BCUT2D eigenvalue weighted by molar-refractivity contribution is 9.10. The van der Waals surface area contributed by atoms with Gasteiger partial charge in [0.1, 0.15) is 11.8 Å². The fraction of sp³-hybridized carbons (Fsp3) is 0.250. The molecule has 2 aromatic rings. The first-order chi connectivity index (χ1) is 9.95. The second-order valence-electron chi connectivity index (χ2n) is 4.96. The van der Waals surface area contributed by atoms with Crippen LogP contribution in [-0.2, 0) is 11.3 Å². The van der Waals surface area contributed by atoms with E-state index in [2.05, 4.69) is 20.9 Å². The first-order valence-electron chi connectivity index (χ1n) is 6.55. The second-order valence-corrected chi connectivity index (χ2v) is 6.26. The van der Waals surface area contributed by atoms with E-state index in [1.54, 1.807) is 6.07 Å². The van der Waals surface area contributed by atoms with Gasteiger partial charge in [-0.05, 0) is 35.7 Å². The minimum absolute atomic E-state index is 0.196. The lowest BCUT2D eigenvalue weighted by Gasteiger charge is -2.09. The molecule has 0 saturated carbocycles. The number of hydrogen-bond acceptors (Lipinski definition) is 3. The van der Waals surface area contributed by atoms with Crippen molar-refractivity contribution >= 4 is 33.5 Å². The predicted molar refractivity (Wildman–Crippen MR) is 86.6 cm³/mol. The minimum atomic E-state index is -0.399. The van der Waals surface area contributed by atoms with Gasteiger partial charge in [0.15, 0.2) is 0 Å². The number of carbonyl (C=O) groups excluding carboxylic acids is 1. The van der Waals surface area contributed by atoms with Crippen molar-refractivity contribution in [2.24, 2.45) is 0 Å². The van der Waals surface area contributed by atoms with Crippen LogP contribution < -0.4 is 0 Å². The van der Waals surface area contributed by atoms with Gasteiger partial charge in [-0.15, -0.1) is 0 Å². The molecule has 0 saturated heterocycles. The van der Waals surface area contributed by atoms with Crippen molar-refractivity contribution < 1.29 is 9.53 Å². The third-order valence-corrected chi connectivity index (χ3v) is 3.65. The Labute approximate surface area is 137 Å². The average Bonchev–Trinajstić information content (AvgIpc) is 2.45. The molecule has 110 valence electrons. The highest BCUT2D eigenvalue weighted by Crippen LogP contribution is 2.19. The van der Waals surface area contributed by atoms with Crippen LogP contribution in [0.2, 0.25) is 5.15 Å². The Bertz CT molecular complexity index is 641. The van der Waals surface area contributed by atoms with Crippen LogP contribution in [0.15, 0.2) is 40.9 Å². The lowest BCUT2D eigenvalue weighted by atomic mass is 10.1. The molecular formula is C16H15BrClNO2. The summed E-state index contributed by atoms with van der Waals surface area (Å²) < 4.78 is 6.29. The molecule has 5 heteroatoms. The Balaban J connectivity index is 2.08. The van der Waals surface area contributed by atoms with Crippen LogP contribution in [0, 0.1) is 0 Å². The van der Waals surface area contributed by atoms with E-state index < -0.39 is 5.97 Å². The number of ether oxygens (including phenoxy) is 1. The van der Waals surface area contributed by atoms with Gasteiger partial charge in [0.05, 0.1) is 5.56 Å². The molecular weight excluding hydrogens is 354 g/mol. The first-order valence-corrected chi connectivity index (χ1v) is 7.72. The van der Waals surface area contributed by atoms with Crippen LogP contribution in [0.5, 0.6) is 0 Å². The molecule has 0 fully saturated rings.